The van der Waals surface area contributed by atoms with E-state index in [4.69, 9.17) is 4.74 Å². The quantitative estimate of drug-likeness (QED) is 0.753. The van der Waals surface area contributed by atoms with Gasteiger partial charge >= 0.3 is 0 Å². The first kappa shape index (κ1) is 17.3. The van der Waals surface area contributed by atoms with Gasteiger partial charge in [-0.05, 0) is 35.6 Å². The SMILES string of the molecule is COc1nn(C)cc1C(=O)Nc1ccc2c(c1)N(C(=O)c1cccs1)CC2. The fourth-order valence-electron chi connectivity index (χ4n) is 3.17. The van der Waals surface area contributed by atoms with Crippen LogP contribution in [-0.4, -0.2) is 35.2 Å². The van der Waals surface area contributed by atoms with Gasteiger partial charge in [0.2, 0.25) is 5.88 Å². The van der Waals surface area contributed by atoms with Crippen molar-refractivity contribution in [1.29, 1.82) is 0 Å². The number of nitrogens with zero attached hydrogens (tertiary/aromatic N) is 3. The molecule has 3 heterocycles. The predicted octanol–water partition coefficient (Wildman–Crippen LogP) is 2.95. The van der Waals surface area contributed by atoms with Gasteiger partial charge in [0.1, 0.15) is 5.56 Å². The number of carbonyl (C=O) groups excluding carboxylic acids is 2. The van der Waals surface area contributed by atoms with Crippen molar-refractivity contribution < 1.29 is 14.3 Å². The summed E-state index contributed by atoms with van der Waals surface area (Å²) in [5.41, 5.74) is 2.91. The Labute approximate surface area is 160 Å². The van der Waals surface area contributed by atoms with Gasteiger partial charge in [-0.25, -0.2) is 0 Å². The van der Waals surface area contributed by atoms with Crippen LogP contribution in [0.15, 0.2) is 41.9 Å². The van der Waals surface area contributed by atoms with Gasteiger partial charge in [0.05, 0.1) is 12.0 Å². The Morgan fingerprint density at radius 3 is 2.89 bits per heavy atom. The number of nitrogens with one attached hydrogen (secondary N) is 1. The van der Waals surface area contributed by atoms with Crippen LogP contribution < -0.4 is 15.0 Å². The summed E-state index contributed by atoms with van der Waals surface area (Å²) in [6.45, 7) is 0.639. The summed E-state index contributed by atoms with van der Waals surface area (Å²) in [7, 11) is 3.20. The average molecular weight is 382 g/mol. The summed E-state index contributed by atoms with van der Waals surface area (Å²) < 4.78 is 6.67. The van der Waals surface area contributed by atoms with Gasteiger partial charge < -0.3 is 15.0 Å². The highest BCUT2D eigenvalue weighted by Crippen LogP contribution is 2.33. The predicted molar refractivity (Wildman–Crippen MR) is 104 cm³/mol. The Kier molecular flexibility index (Phi) is 4.41. The van der Waals surface area contributed by atoms with Crippen molar-refractivity contribution in [1.82, 2.24) is 9.78 Å². The lowest BCUT2D eigenvalue weighted by molar-refractivity contribution is 0.0991. The summed E-state index contributed by atoms with van der Waals surface area (Å²) >= 11 is 1.43. The Balaban J connectivity index is 1.58. The maximum atomic E-state index is 12.7. The number of aromatic nitrogens is 2. The lowest BCUT2D eigenvalue weighted by Crippen LogP contribution is -2.28. The second kappa shape index (κ2) is 6.88. The largest absolute Gasteiger partial charge is 0.479 e. The second-order valence-corrected chi connectivity index (χ2v) is 7.16. The first-order valence-electron chi connectivity index (χ1n) is 8.44. The molecule has 27 heavy (non-hydrogen) atoms. The molecule has 0 unspecified atom stereocenters. The van der Waals surface area contributed by atoms with Crippen LogP contribution in [0, 0.1) is 0 Å². The van der Waals surface area contributed by atoms with Crippen molar-refractivity contribution >= 4 is 34.5 Å². The zero-order valence-electron chi connectivity index (χ0n) is 14.9. The summed E-state index contributed by atoms with van der Waals surface area (Å²) in [6, 6.07) is 9.33. The molecule has 0 aliphatic carbocycles. The van der Waals surface area contributed by atoms with E-state index >= 15 is 0 Å². The number of thiophene rings is 1. The molecule has 1 aromatic carbocycles. The Hall–Kier alpha value is -3.13. The van der Waals surface area contributed by atoms with Crippen LogP contribution in [0.3, 0.4) is 0 Å². The number of hydrogen-bond acceptors (Lipinski definition) is 5. The number of anilines is 2. The van der Waals surface area contributed by atoms with Gasteiger partial charge in [-0.2, -0.15) is 0 Å². The van der Waals surface area contributed by atoms with Gasteiger partial charge in [0.25, 0.3) is 11.8 Å². The Morgan fingerprint density at radius 2 is 2.15 bits per heavy atom. The third-order valence-corrected chi connectivity index (χ3v) is 5.31. The number of rotatable bonds is 4. The molecule has 0 saturated heterocycles. The standard InChI is InChI=1S/C19H18N4O3S/c1-22-11-14(18(21-22)26-2)17(24)20-13-6-5-12-7-8-23(15(12)10-13)19(25)16-4-3-9-27-16/h3-6,9-11H,7-8H2,1-2H3,(H,20,24). The third-order valence-electron chi connectivity index (χ3n) is 4.45. The van der Waals surface area contributed by atoms with E-state index in [1.54, 1.807) is 18.1 Å². The van der Waals surface area contributed by atoms with Gasteiger partial charge in [-0.3, -0.25) is 14.3 Å². The number of fused-ring (bicyclic) bond motifs is 1. The topological polar surface area (TPSA) is 76.5 Å². The zero-order valence-corrected chi connectivity index (χ0v) is 15.7. The van der Waals surface area contributed by atoms with Crippen molar-refractivity contribution in [2.75, 3.05) is 23.9 Å². The highest BCUT2D eigenvalue weighted by molar-refractivity contribution is 7.12. The van der Waals surface area contributed by atoms with Crippen LogP contribution in [-0.2, 0) is 13.5 Å². The molecule has 138 valence electrons. The molecule has 0 spiro atoms. The molecule has 0 atom stereocenters. The van der Waals surface area contributed by atoms with Gasteiger partial charge in [0.15, 0.2) is 0 Å². The van der Waals surface area contributed by atoms with Crippen LogP contribution in [0.2, 0.25) is 0 Å². The molecule has 2 amide bonds. The summed E-state index contributed by atoms with van der Waals surface area (Å²) in [5, 5.41) is 8.85. The fraction of sp³-hybridized carbons (Fsp3) is 0.211. The van der Waals surface area contributed by atoms with Crippen LogP contribution in [0.1, 0.15) is 25.6 Å². The molecular formula is C19H18N4O3S. The van der Waals surface area contributed by atoms with Crippen molar-refractivity contribution in [2.24, 2.45) is 7.05 Å². The minimum atomic E-state index is -0.311. The molecule has 0 saturated carbocycles. The zero-order chi connectivity index (χ0) is 19.0. The van der Waals surface area contributed by atoms with Crippen LogP contribution in [0.25, 0.3) is 0 Å². The van der Waals surface area contributed by atoms with Crippen molar-refractivity contribution in [3.63, 3.8) is 0 Å². The van der Waals surface area contributed by atoms with Crippen LogP contribution in [0.5, 0.6) is 5.88 Å². The minimum absolute atomic E-state index is 0.0128. The minimum Gasteiger partial charge on any atom is -0.479 e. The molecule has 2 aromatic heterocycles. The van der Waals surface area contributed by atoms with E-state index < -0.39 is 0 Å². The fourth-order valence-corrected chi connectivity index (χ4v) is 3.85. The number of amides is 2. The molecule has 7 nitrogen and oxygen atoms in total. The van der Waals surface area contributed by atoms with E-state index in [1.807, 2.05) is 35.7 Å². The number of aryl methyl sites for hydroxylation is 1. The van der Waals surface area contributed by atoms with E-state index in [2.05, 4.69) is 10.4 Å². The number of ether oxygens (including phenoxy) is 1. The van der Waals surface area contributed by atoms with E-state index in [1.165, 1.54) is 23.1 Å². The average Bonchev–Trinajstić information content (AvgIpc) is 3.40. The van der Waals surface area contributed by atoms with Crippen LogP contribution in [0.4, 0.5) is 11.4 Å². The lowest BCUT2D eigenvalue weighted by atomic mass is 10.1. The molecule has 1 aliphatic heterocycles. The molecule has 1 N–H and O–H groups in total. The molecule has 0 fully saturated rings. The van der Waals surface area contributed by atoms with E-state index in [9.17, 15) is 9.59 Å². The Bertz CT molecular complexity index is 1010. The number of benzene rings is 1. The number of carbonyl (C=O) groups is 2. The van der Waals surface area contributed by atoms with Crippen molar-refractivity contribution in [3.05, 3.63) is 57.9 Å². The summed E-state index contributed by atoms with van der Waals surface area (Å²) in [4.78, 5) is 27.8. The first-order chi connectivity index (χ1) is 13.1. The maximum absolute atomic E-state index is 12.7. The van der Waals surface area contributed by atoms with Crippen LogP contribution >= 0.6 is 11.3 Å². The smallest absolute Gasteiger partial charge is 0.268 e. The highest BCUT2D eigenvalue weighted by atomic mass is 32.1. The van der Waals surface area contributed by atoms with E-state index in [0.717, 1.165) is 17.7 Å². The highest BCUT2D eigenvalue weighted by Gasteiger charge is 2.27. The summed E-state index contributed by atoms with van der Waals surface area (Å²) in [5.74, 6) is -0.0548. The van der Waals surface area contributed by atoms with Gasteiger partial charge in [-0.1, -0.05) is 12.1 Å². The Morgan fingerprint density at radius 1 is 1.30 bits per heavy atom. The molecule has 3 aromatic rings. The molecule has 0 bridgehead atoms. The molecule has 0 radical (unpaired) electrons. The first-order valence-corrected chi connectivity index (χ1v) is 9.32. The monoisotopic (exact) mass is 382 g/mol. The van der Waals surface area contributed by atoms with Gasteiger partial charge in [0, 0.05) is 31.2 Å². The van der Waals surface area contributed by atoms with E-state index in [-0.39, 0.29) is 17.7 Å². The second-order valence-electron chi connectivity index (χ2n) is 6.21. The molecule has 4 rings (SSSR count). The number of methoxy groups -OCH3 is 1. The van der Waals surface area contributed by atoms with Crippen molar-refractivity contribution in [3.8, 4) is 5.88 Å². The molecular weight excluding hydrogens is 364 g/mol. The lowest BCUT2D eigenvalue weighted by Gasteiger charge is -2.17. The number of hydrogen-bond donors (Lipinski definition) is 1. The maximum Gasteiger partial charge on any atom is 0.268 e. The third kappa shape index (κ3) is 3.19. The molecule has 1 aliphatic rings. The van der Waals surface area contributed by atoms with Gasteiger partial charge in [-0.15, -0.1) is 16.4 Å². The normalized spacial score (nSPS) is 12.7. The van der Waals surface area contributed by atoms with E-state index in [0.29, 0.717) is 22.7 Å². The molecule has 8 heteroatoms. The summed E-state index contributed by atoms with van der Waals surface area (Å²) in [6.07, 6.45) is 2.41. The van der Waals surface area contributed by atoms with Crippen molar-refractivity contribution in [2.45, 2.75) is 6.42 Å².